The predicted octanol–water partition coefficient (Wildman–Crippen LogP) is 2.88. The van der Waals surface area contributed by atoms with Crippen LogP contribution >= 0.6 is 0 Å². The zero-order valence-electron chi connectivity index (χ0n) is 14.0. The summed E-state index contributed by atoms with van der Waals surface area (Å²) in [6.45, 7) is 1.85. The van der Waals surface area contributed by atoms with Gasteiger partial charge in [0.05, 0.1) is 25.3 Å². The number of furan rings is 1. The van der Waals surface area contributed by atoms with Crippen molar-refractivity contribution in [3.8, 4) is 17.2 Å². The summed E-state index contributed by atoms with van der Waals surface area (Å²) in [4.78, 5) is 0.00431. The first-order chi connectivity index (χ1) is 11.9. The zero-order chi connectivity index (χ0) is 18.0. The Hall–Kier alpha value is -2.87. The quantitative estimate of drug-likeness (QED) is 0.696. The minimum atomic E-state index is -3.81. The van der Waals surface area contributed by atoms with E-state index in [-0.39, 0.29) is 10.8 Å². The molecule has 0 saturated heterocycles. The van der Waals surface area contributed by atoms with Gasteiger partial charge in [-0.15, -0.1) is 5.10 Å². The Morgan fingerprint density at radius 1 is 1.20 bits per heavy atom. The molecule has 0 aliphatic rings. The summed E-state index contributed by atoms with van der Waals surface area (Å²) in [5.74, 6) is 0.801. The van der Waals surface area contributed by atoms with E-state index in [9.17, 15) is 8.42 Å². The summed E-state index contributed by atoms with van der Waals surface area (Å²) in [5.41, 5.74) is 2.15. The average molecular weight is 359 g/mol. The summed E-state index contributed by atoms with van der Waals surface area (Å²) < 4.78 is 37.4. The van der Waals surface area contributed by atoms with Crippen molar-refractivity contribution in [3.05, 3.63) is 54.4 Å². The van der Waals surface area contributed by atoms with E-state index in [1.165, 1.54) is 30.7 Å². The van der Waals surface area contributed by atoms with Crippen LogP contribution in [0.3, 0.4) is 0 Å². The third-order valence-corrected chi connectivity index (χ3v) is 5.57. The Bertz CT molecular complexity index is 985. The van der Waals surface area contributed by atoms with Gasteiger partial charge in [0.25, 0.3) is 10.0 Å². The van der Waals surface area contributed by atoms with E-state index in [1.807, 2.05) is 25.1 Å². The molecule has 0 aliphatic heterocycles. The fourth-order valence-electron chi connectivity index (χ4n) is 2.40. The molecule has 0 spiro atoms. The van der Waals surface area contributed by atoms with Crippen molar-refractivity contribution in [2.75, 3.05) is 18.5 Å². The van der Waals surface area contributed by atoms with Crippen LogP contribution in [-0.4, -0.2) is 32.8 Å². The standard InChI is InChI=1S/C17H17N3O4S/c1-12-6-7-13(16-5-4-8-24-16)9-15(12)20(2)25(21,22)14-10-17(23-3)19-18-11-14/h4-11H,1-3H3. The van der Waals surface area contributed by atoms with E-state index in [0.717, 1.165) is 11.1 Å². The highest BCUT2D eigenvalue weighted by Crippen LogP contribution is 2.31. The second-order valence-electron chi connectivity index (χ2n) is 5.38. The number of hydrogen-bond donors (Lipinski definition) is 0. The van der Waals surface area contributed by atoms with Crippen LogP contribution in [0.15, 0.2) is 58.2 Å². The first-order valence-corrected chi connectivity index (χ1v) is 8.87. The number of benzene rings is 1. The van der Waals surface area contributed by atoms with Gasteiger partial charge in [-0.1, -0.05) is 12.1 Å². The summed E-state index contributed by atoms with van der Waals surface area (Å²) in [6.07, 6.45) is 2.77. The minimum Gasteiger partial charge on any atom is -0.480 e. The highest BCUT2D eigenvalue weighted by Gasteiger charge is 2.24. The van der Waals surface area contributed by atoms with Gasteiger partial charge >= 0.3 is 0 Å². The third-order valence-electron chi connectivity index (χ3n) is 3.83. The smallest absolute Gasteiger partial charge is 0.265 e. The number of ether oxygens (including phenoxy) is 1. The molecular weight excluding hydrogens is 342 g/mol. The lowest BCUT2D eigenvalue weighted by Gasteiger charge is -2.22. The lowest BCUT2D eigenvalue weighted by Crippen LogP contribution is -2.27. The van der Waals surface area contributed by atoms with Gasteiger partial charge in [0.1, 0.15) is 10.7 Å². The molecule has 0 radical (unpaired) electrons. The van der Waals surface area contributed by atoms with E-state index in [2.05, 4.69) is 10.2 Å². The Morgan fingerprint density at radius 2 is 2.00 bits per heavy atom. The number of hydrogen-bond acceptors (Lipinski definition) is 6. The molecule has 3 aromatic rings. The van der Waals surface area contributed by atoms with Gasteiger partial charge in [0.15, 0.2) is 0 Å². The molecule has 0 aliphatic carbocycles. The number of sulfonamides is 1. The van der Waals surface area contributed by atoms with Crippen molar-refractivity contribution in [2.24, 2.45) is 0 Å². The van der Waals surface area contributed by atoms with Gasteiger partial charge < -0.3 is 9.15 Å². The molecule has 2 aromatic heterocycles. The molecule has 0 bridgehead atoms. The van der Waals surface area contributed by atoms with Crippen molar-refractivity contribution in [2.45, 2.75) is 11.8 Å². The van der Waals surface area contributed by atoms with Gasteiger partial charge in [-0.05, 0) is 30.7 Å². The number of anilines is 1. The summed E-state index contributed by atoms with van der Waals surface area (Å²) in [6, 6.07) is 10.5. The van der Waals surface area contributed by atoms with Crippen LogP contribution in [-0.2, 0) is 10.0 Å². The molecule has 0 N–H and O–H groups in total. The highest BCUT2D eigenvalue weighted by molar-refractivity contribution is 7.92. The maximum atomic E-state index is 12.9. The molecule has 0 amide bonds. The van der Waals surface area contributed by atoms with Crippen molar-refractivity contribution in [1.29, 1.82) is 0 Å². The summed E-state index contributed by atoms with van der Waals surface area (Å²) in [5, 5.41) is 7.38. The van der Waals surface area contributed by atoms with Crippen LogP contribution in [0.4, 0.5) is 5.69 Å². The van der Waals surface area contributed by atoms with Crippen LogP contribution in [0.25, 0.3) is 11.3 Å². The lowest BCUT2D eigenvalue weighted by molar-refractivity contribution is 0.390. The Labute approximate surface area is 145 Å². The SMILES string of the molecule is COc1cc(S(=O)(=O)N(C)c2cc(-c3ccco3)ccc2C)cnn1. The molecule has 3 rings (SSSR count). The monoisotopic (exact) mass is 359 g/mol. The second-order valence-corrected chi connectivity index (χ2v) is 7.35. The number of methoxy groups -OCH3 is 1. The number of aromatic nitrogens is 2. The zero-order valence-corrected chi connectivity index (χ0v) is 14.8. The van der Waals surface area contributed by atoms with E-state index in [4.69, 9.17) is 9.15 Å². The molecule has 1 aromatic carbocycles. The topological polar surface area (TPSA) is 85.5 Å². The molecule has 130 valence electrons. The van der Waals surface area contributed by atoms with Gasteiger partial charge in [0.2, 0.25) is 5.88 Å². The number of aryl methyl sites for hydroxylation is 1. The molecule has 7 nitrogen and oxygen atoms in total. The highest BCUT2D eigenvalue weighted by atomic mass is 32.2. The Morgan fingerprint density at radius 3 is 2.68 bits per heavy atom. The predicted molar refractivity (Wildman–Crippen MR) is 93.1 cm³/mol. The molecule has 0 fully saturated rings. The Kier molecular flexibility index (Phi) is 4.45. The largest absolute Gasteiger partial charge is 0.480 e. The van der Waals surface area contributed by atoms with Crippen molar-refractivity contribution in [3.63, 3.8) is 0 Å². The minimum absolute atomic E-state index is 0.00431. The van der Waals surface area contributed by atoms with Crippen LogP contribution in [0.5, 0.6) is 5.88 Å². The normalized spacial score (nSPS) is 11.3. The van der Waals surface area contributed by atoms with Crippen LogP contribution in [0.2, 0.25) is 0 Å². The molecule has 8 heteroatoms. The fraction of sp³-hybridized carbons (Fsp3) is 0.176. The molecule has 25 heavy (non-hydrogen) atoms. The molecule has 2 heterocycles. The van der Waals surface area contributed by atoms with Crippen molar-refractivity contribution < 1.29 is 17.6 Å². The lowest BCUT2D eigenvalue weighted by atomic mass is 10.1. The average Bonchev–Trinajstić information content (AvgIpc) is 3.16. The van der Waals surface area contributed by atoms with Crippen LogP contribution in [0, 0.1) is 6.92 Å². The van der Waals surface area contributed by atoms with Gasteiger partial charge in [-0.2, -0.15) is 5.10 Å². The molecule has 0 saturated carbocycles. The fourth-order valence-corrected chi connectivity index (χ4v) is 3.61. The first kappa shape index (κ1) is 17.0. The van der Waals surface area contributed by atoms with E-state index < -0.39 is 10.0 Å². The summed E-state index contributed by atoms with van der Waals surface area (Å²) in [7, 11) is -0.912. The Balaban J connectivity index is 2.04. The number of rotatable bonds is 5. The van der Waals surface area contributed by atoms with Crippen molar-refractivity contribution in [1.82, 2.24) is 10.2 Å². The molecular formula is C17H17N3O4S. The van der Waals surface area contributed by atoms with E-state index >= 15 is 0 Å². The first-order valence-electron chi connectivity index (χ1n) is 7.43. The third kappa shape index (κ3) is 3.20. The van der Waals surface area contributed by atoms with Crippen molar-refractivity contribution >= 4 is 15.7 Å². The van der Waals surface area contributed by atoms with E-state index in [1.54, 1.807) is 18.4 Å². The maximum absolute atomic E-state index is 12.9. The molecule has 0 atom stereocenters. The number of nitrogens with zero attached hydrogens (tertiary/aromatic N) is 3. The van der Waals surface area contributed by atoms with Gasteiger partial charge in [0, 0.05) is 18.7 Å². The molecule has 0 unspecified atom stereocenters. The second kappa shape index (κ2) is 6.56. The summed E-state index contributed by atoms with van der Waals surface area (Å²) >= 11 is 0. The van der Waals surface area contributed by atoms with Gasteiger partial charge in [-0.3, -0.25) is 4.31 Å². The van der Waals surface area contributed by atoms with Gasteiger partial charge in [-0.25, -0.2) is 8.42 Å². The maximum Gasteiger partial charge on any atom is 0.265 e. The van der Waals surface area contributed by atoms with Crippen LogP contribution < -0.4 is 9.04 Å². The van der Waals surface area contributed by atoms with Crippen LogP contribution in [0.1, 0.15) is 5.56 Å². The van der Waals surface area contributed by atoms with E-state index in [0.29, 0.717) is 11.4 Å².